The van der Waals surface area contributed by atoms with Gasteiger partial charge in [0.15, 0.2) is 11.6 Å². The average Bonchev–Trinajstić information content (AvgIpc) is 2.91. The van der Waals surface area contributed by atoms with E-state index < -0.39 is 38.1 Å². The van der Waals surface area contributed by atoms with Crippen LogP contribution in [0.15, 0.2) is 71.8 Å². The number of nitrogen functional groups attached to an aromatic ring is 2. The molecule has 0 aliphatic rings. The second kappa shape index (κ2) is 9.76. The molecule has 0 saturated carbocycles. The number of hydrogen-bond acceptors (Lipinski definition) is 8. The maximum atomic E-state index is 15.6. The van der Waals surface area contributed by atoms with Gasteiger partial charge in [0.1, 0.15) is 39.4 Å². The Kier molecular flexibility index (Phi) is 6.44. The summed E-state index contributed by atoms with van der Waals surface area (Å²) in [6, 6.07) is 12.2. The molecule has 198 valence electrons. The molecule has 5 N–H and O–H groups in total. The zero-order valence-electron chi connectivity index (χ0n) is 20.1. The zero-order chi connectivity index (χ0) is 27.9. The Morgan fingerprint density at radius 1 is 0.923 bits per heavy atom. The van der Waals surface area contributed by atoms with E-state index in [4.69, 9.17) is 16.2 Å². The third kappa shape index (κ3) is 4.86. The molecular weight excluding hydrogens is 533 g/mol. The van der Waals surface area contributed by atoms with Crippen LogP contribution in [-0.4, -0.2) is 30.5 Å². The number of nitrogens with one attached hydrogen (secondary N) is 1. The molecule has 5 rings (SSSR count). The van der Waals surface area contributed by atoms with Crippen molar-refractivity contribution >= 4 is 38.2 Å². The standard InChI is InChI=1S/C26H19F3N6O3S/c1-38-20-10-14(9-17-24(20)33-26(34-25(17)31)13-5-8-22(30)32-12-13)16-3-2-4-19(23(16)29)35-39(36,37)21-11-15(27)6-7-18(21)28/h2-12,35H,1H3,(H2,30,32)(H2,31,33,34). The van der Waals surface area contributed by atoms with E-state index in [1.165, 1.54) is 37.6 Å². The van der Waals surface area contributed by atoms with Crippen LogP contribution in [0.2, 0.25) is 0 Å². The van der Waals surface area contributed by atoms with Gasteiger partial charge in [-0.3, -0.25) is 4.72 Å². The lowest BCUT2D eigenvalue weighted by Gasteiger charge is -2.14. The molecule has 2 heterocycles. The molecule has 0 saturated heterocycles. The van der Waals surface area contributed by atoms with Crippen LogP contribution in [0.3, 0.4) is 0 Å². The third-order valence-corrected chi connectivity index (χ3v) is 7.18. The number of pyridine rings is 1. The van der Waals surface area contributed by atoms with Crippen molar-refractivity contribution < 1.29 is 26.3 Å². The molecule has 0 amide bonds. The van der Waals surface area contributed by atoms with Crippen LogP contribution in [0.1, 0.15) is 0 Å². The van der Waals surface area contributed by atoms with Crippen molar-refractivity contribution in [3.05, 3.63) is 84.3 Å². The van der Waals surface area contributed by atoms with Gasteiger partial charge >= 0.3 is 0 Å². The van der Waals surface area contributed by atoms with E-state index in [0.717, 1.165) is 12.1 Å². The monoisotopic (exact) mass is 552 g/mol. The highest BCUT2D eigenvalue weighted by atomic mass is 32.2. The first-order valence-corrected chi connectivity index (χ1v) is 12.7. The van der Waals surface area contributed by atoms with Gasteiger partial charge in [-0.25, -0.2) is 36.5 Å². The second-order valence-corrected chi connectivity index (χ2v) is 9.98. The van der Waals surface area contributed by atoms with Crippen LogP contribution < -0.4 is 20.9 Å². The maximum Gasteiger partial charge on any atom is 0.265 e. The predicted molar refractivity (Wildman–Crippen MR) is 141 cm³/mol. The fourth-order valence-corrected chi connectivity index (χ4v) is 5.07. The summed E-state index contributed by atoms with van der Waals surface area (Å²) in [5.41, 5.74) is 12.5. The number of sulfonamides is 1. The summed E-state index contributed by atoms with van der Waals surface area (Å²) >= 11 is 0. The predicted octanol–water partition coefficient (Wildman–Crippen LogP) is 4.75. The van der Waals surface area contributed by atoms with Crippen molar-refractivity contribution in [2.24, 2.45) is 0 Å². The number of benzene rings is 3. The fourth-order valence-electron chi connectivity index (χ4n) is 3.92. The van der Waals surface area contributed by atoms with Gasteiger partial charge in [-0.2, -0.15) is 0 Å². The highest BCUT2D eigenvalue weighted by Gasteiger charge is 2.23. The fraction of sp³-hybridized carbons (Fsp3) is 0.0385. The Balaban J connectivity index is 1.59. The lowest BCUT2D eigenvalue weighted by Crippen LogP contribution is -2.16. The van der Waals surface area contributed by atoms with Crippen molar-refractivity contribution in [2.45, 2.75) is 4.90 Å². The van der Waals surface area contributed by atoms with E-state index in [9.17, 15) is 17.2 Å². The molecule has 5 aromatic rings. The first-order valence-electron chi connectivity index (χ1n) is 11.2. The van der Waals surface area contributed by atoms with Gasteiger partial charge in [0.05, 0.1) is 12.8 Å². The Bertz CT molecular complexity index is 1850. The average molecular weight is 553 g/mol. The summed E-state index contributed by atoms with van der Waals surface area (Å²) in [7, 11) is -3.26. The first kappa shape index (κ1) is 25.7. The van der Waals surface area contributed by atoms with E-state index in [0.29, 0.717) is 34.4 Å². The molecule has 0 spiro atoms. The number of halogens is 3. The summed E-state index contributed by atoms with van der Waals surface area (Å²) < 4.78 is 76.2. The molecule has 9 nitrogen and oxygen atoms in total. The van der Waals surface area contributed by atoms with Crippen LogP contribution in [0.4, 0.5) is 30.5 Å². The van der Waals surface area contributed by atoms with E-state index in [1.54, 1.807) is 12.1 Å². The van der Waals surface area contributed by atoms with E-state index in [1.807, 2.05) is 4.72 Å². The van der Waals surface area contributed by atoms with Gasteiger partial charge in [0.25, 0.3) is 10.0 Å². The van der Waals surface area contributed by atoms with Crippen LogP contribution in [0.25, 0.3) is 33.4 Å². The minimum Gasteiger partial charge on any atom is -0.494 e. The molecular formula is C26H19F3N6O3S. The Hall–Kier alpha value is -4.91. The SMILES string of the molecule is COc1cc(-c2cccc(NS(=O)(=O)c3cc(F)ccc3F)c2F)cc2c(N)nc(-c3ccc(N)nc3)nc12. The maximum absolute atomic E-state index is 15.6. The molecule has 0 aliphatic heterocycles. The third-order valence-electron chi connectivity index (χ3n) is 5.80. The number of rotatable bonds is 6. The van der Waals surface area contributed by atoms with Gasteiger partial charge in [-0.05, 0) is 54.1 Å². The number of hydrogen-bond donors (Lipinski definition) is 3. The van der Waals surface area contributed by atoms with E-state index in [2.05, 4.69) is 15.0 Å². The summed E-state index contributed by atoms with van der Waals surface area (Å²) in [5.74, 6) is -2.22. The van der Waals surface area contributed by atoms with E-state index >= 15 is 4.39 Å². The highest BCUT2D eigenvalue weighted by Crippen LogP contribution is 2.37. The topological polar surface area (TPSA) is 146 Å². The Morgan fingerprint density at radius 3 is 2.44 bits per heavy atom. The smallest absolute Gasteiger partial charge is 0.265 e. The number of methoxy groups -OCH3 is 1. The molecule has 39 heavy (non-hydrogen) atoms. The molecule has 13 heteroatoms. The number of ether oxygens (including phenoxy) is 1. The molecule has 0 radical (unpaired) electrons. The van der Waals surface area contributed by atoms with Gasteiger partial charge in [-0.1, -0.05) is 12.1 Å². The summed E-state index contributed by atoms with van der Waals surface area (Å²) in [6.45, 7) is 0. The van der Waals surface area contributed by atoms with Gasteiger partial charge < -0.3 is 16.2 Å². The minimum absolute atomic E-state index is 0.0266. The van der Waals surface area contributed by atoms with Crippen LogP contribution in [0.5, 0.6) is 5.75 Å². The lowest BCUT2D eigenvalue weighted by atomic mass is 10.0. The summed E-state index contributed by atoms with van der Waals surface area (Å²) in [6.07, 6.45) is 1.49. The van der Waals surface area contributed by atoms with Crippen molar-refractivity contribution in [1.82, 2.24) is 15.0 Å². The molecule has 0 bridgehead atoms. The van der Waals surface area contributed by atoms with Gasteiger partial charge in [-0.15, -0.1) is 0 Å². The molecule has 0 aliphatic carbocycles. The zero-order valence-corrected chi connectivity index (χ0v) is 20.9. The van der Waals surface area contributed by atoms with Crippen molar-refractivity contribution in [2.75, 3.05) is 23.3 Å². The lowest BCUT2D eigenvalue weighted by molar-refractivity contribution is 0.419. The molecule has 2 aromatic heterocycles. The molecule has 3 aromatic carbocycles. The van der Waals surface area contributed by atoms with Crippen molar-refractivity contribution in [3.8, 4) is 28.3 Å². The van der Waals surface area contributed by atoms with E-state index in [-0.39, 0.29) is 28.5 Å². The van der Waals surface area contributed by atoms with Crippen LogP contribution in [0, 0.1) is 17.5 Å². The summed E-state index contributed by atoms with van der Waals surface area (Å²) in [4.78, 5) is 11.9. The first-order chi connectivity index (χ1) is 18.6. The second-order valence-electron chi connectivity index (χ2n) is 8.33. The number of fused-ring (bicyclic) bond motifs is 1. The number of nitrogens with zero attached hydrogens (tertiary/aromatic N) is 3. The van der Waals surface area contributed by atoms with Crippen molar-refractivity contribution in [3.63, 3.8) is 0 Å². The Morgan fingerprint density at radius 2 is 1.72 bits per heavy atom. The molecule has 0 unspecified atom stereocenters. The van der Waals surface area contributed by atoms with Gasteiger partial charge in [0.2, 0.25) is 0 Å². The molecule has 0 fully saturated rings. The largest absolute Gasteiger partial charge is 0.494 e. The minimum atomic E-state index is -4.66. The number of aromatic nitrogens is 3. The quantitative estimate of drug-likeness (QED) is 0.274. The van der Waals surface area contributed by atoms with Crippen LogP contribution in [-0.2, 0) is 10.0 Å². The molecule has 0 atom stereocenters. The highest BCUT2D eigenvalue weighted by molar-refractivity contribution is 7.92. The number of anilines is 3. The van der Waals surface area contributed by atoms with Gasteiger partial charge in [0, 0.05) is 22.7 Å². The normalized spacial score (nSPS) is 11.5. The number of nitrogens with two attached hydrogens (primary N) is 2. The van der Waals surface area contributed by atoms with Crippen LogP contribution >= 0.6 is 0 Å². The Labute approximate surface area is 220 Å². The summed E-state index contributed by atoms with van der Waals surface area (Å²) in [5, 5.41) is 0.351. The van der Waals surface area contributed by atoms with Crippen molar-refractivity contribution in [1.29, 1.82) is 0 Å².